The summed E-state index contributed by atoms with van der Waals surface area (Å²) in [6.45, 7) is 0.622. The van der Waals surface area contributed by atoms with Crippen LogP contribution in [0.15, 0.2) is 84.9 Å². The summed E-state index contributed by atoms with van der Waals surface area (Å²) in [5.74, 6) is 6.05. The van der Waals surface area contributed by atoms with Gasteiger partial charge in [-0.05, 0) is 29.7 Å². The van der Waals surface area contributed by atoms with E-state index in [4.69, 9.17) is 4.74 Å². The minimum atomic E-state index is -0.375. The van der Waals surface area contributed by atoms with E-state index in [0.29, 0.717) is 17.8 Å². The summed E-state index contributed by atoms with van der Waals surface area (Å²) in [4.78, 5) is 12.6. The maximum Gasteiger partial charge on any atom is 0.341 e. The topological polar surface area (TPSA) is 31.2 Å². The van der Waals surface area contributed by atoms with Crippen LogP contribution in [0, 0.1) is 11.8 Å². The Morgan fingerprint density at radius 1 is 0.857 bits per heavy atom. The van der Waals surface area contributed by atoms with Crippen LogP contribution in [0.2, 0.25) is 0 Å². The average Bonchev–Trinajstić information content (AvgIpc) is 3.06. The van der Waals surface area contributed by atoms with Gasteiger partial charge < -0.3 is 9.30 Å². The quantitative estimate of drug-likeness (QED) is 0.383. The van der Waals surface area contributed by atoms with Gasteiger partial charge in [0.15, 0.2) is 0 Å². The van der Waals surface area contributed by atoms with Gasteiger partial charge in [0.05, 0.1) is 12.6 Å². The Kier molecular flexibility index (Phi) is 4.95. The number of rotatable bonds is 3. The third-order valence-electron chi connectivity index (χ3n) is 4.64. The second-order valence-electron chi connectivity index (χ2n) is 6.42. The first-order chi connectivity index (χ1) is 13.8. The predicted octanol–water partition coefficient (Wildman–Crippen LogP) is 4.88. The van der Waals surface area contributed by atoms with Crippen LogP contribution in [0.5, 0.6) is 0 Å². The van der Waals surface area contributed by atoms with Crippen LogP contribution in [-0.2, 0) is 11.3 Å². The fraction of sp³-hybridized carbons (Fsp3) is 0.0800. The zero-order valence-corrected chi connectivity index (χ0v) is 15.6. The Hall–Kier alpha value is -3.77. The van der Waals surface area contributed by atoms with Crippen LogP contribution < -0.4 is 0 Å². The van der Waals surface area contributed by atoms with Gasteiger partial charge in [0.25, 0.3) is 0 Å². The summed E-state index contributed by atoms with van der Waals surface area (Å²) >= 11 is 0. The van der Waals surface area contributed by atoms with E-state index < -0.39 is 0 Å². The first kappa shape index (κ1) is 17.6. The lowest BCUT2D eigenvalue weighted by atomic mass is 10.1. The molecule has 0 spiro atoms. The molecule has 3 nitrogen and oxygen atoms in total. The highest BCUT2D eigenvalue weighted by Gasteiger charge is 2.22. The number of methoxy groups -OCH3 is 1. The van der Waals surface area contributed by atoms with Crippen molar-refractivity contribution in [3.8, 4) is 11.8 Å². The standard InChI is InChI=1S/C25H19NO2/c1-28-25(27)24-21-14-8-9-15-22(21)26(18-20-12-6-3-7-13-20)23(24)17-16-19-10-4-2-5-11-19/h2-15H,18H2,1H3. The van der Waals surface area contributed by atoms with Gasteiger partial charge in [-0.2, -0.15) is 0 Å². The number of esters is 1. The molecule has 0 saturated heterocycles. The number of aromatic nitrogens is 1. The van der Waals surface area contributed by atoms with E-state index in [0.717, 1.165) is 22.0 Å². The van der Waals surface area contributed by atoms with Crippen molar-refractivity contribution in [1.29, 1.82) is 0 Å². The molecule has 4 aromatic rings. The van der Waals surface area contributed by atoms with Crippen molar-refractivity contribution in [2.24, 2.45) is 0 Å². The van der Waals surface area contributed by atoms with E-state index in [9.17, 15) is 4.79 Å². The van der Waals surface area contributed by atoms with E-state index >= 15 is 0 Å². The zero-order chi connectivity index (χ0) is 19.3. The number of nitrogens with zero attached hydrogens (tertiary/aromatic N) is 1. The summed E-state index contributed by atoms with van der Waals surface area (Å²) < 4.78 is 7.17. The SMILES string of the molecule is COC(=O)c1c(C#Cc2ccccc2)n(Cc2ccccc2)c2ccccc12. The first-order valence-corrected chi connectivity index (χ1v) is 9.08. The molecule has 0 N–H and O–H groups in total. The molecule has 0 saturated carbocycles. The lowest BCUT2D eigenvalue weighted by Crippen LogP contribution is -2.07. The Labute approximate surface area is 164 Å². The van der Waals surface area contributed by atoms with Crippen LogP contribution in [0.1, 0.15) is 27.2 Å². The number of ether oxygens (including phenoxy) is 1. The van der Waals surface area contributed by atoms with Crippen LogP contribution in [0.3, 0.4) is 0 Å². The summed E-state index contributed by atoms with van der Waals surface area (Å²) in [5.41, 5.74) is 4.18. The molecule has 3 aromatic carbocycles. The minimum absolute atomic E-state index is 0.375. The summed E-state index contributed by atoms with van der Waals surface area (Å²) in [6, 6.07) is 27.8. The number of hydrogen-bond acceptors (Lipinski definition) is 2. The molecular weight excluding hydrogens is 346 g/mol. The summed E-state index contributed by atoms with van der Waals surface area (Å²) in [6.07, 6.45) is 0. The van der Waals surface area contributed by atoms with Gasteiger partial charge in [0.2, 0.25) is 0 Å². The minimum Gasteiger partial charge on any atom is -0.465 e. The molecule has 3 heteroatoms. The molecular formula is C25H19NO2. The zero-order valence-electron chi connectivity index (χ0n) is 15.6. The number of carbonyl (C=O) groups is 1. The van der Waals surface area contributed by atoms with Crippen LogP contribution in [-0.4, -0.2) is 17.6 Å². The molecule has 0 bridgehead atoms. The second-order valence-corrected chi connectivity index (χ2v) is 6.42. The second kappa shape index (κ2) is 7.85. The maximum atomic E-state index is 12.6. The average molecular weight is 365 g/mol. The van der Waals surface area contributed by atoms with Crippen molar-refractivity contribution in [3.63, 3.8) is 0 Å². The smallest absolute Gasteiger partial charge is 0.341 e. The third kappa shape index (κ3) is 3.41. The van der Waals surface area contributed by atoms with Crippen molar-refractivity contribution < 1.29 is 9.53 Å². The Bertz CT molecular complexity index is 1180. The number of para-hydroxylation sites is 1. The fourth-order valence-electron chi connectivity index (χ4n) is 3.33. The lowest BCUT2D eigenvalue weighted by molar-refractivity contribution is 0.0602. The highest BCUT2D eigenvalue weighted by molar-refractivity contribution is 6.07. The predicted molar refractivity (Wildman–Crippen MR) is 111 cm³/mol. The number of benzene rings is 3. The van der Waals surface area contributed by atoms with Crippen LogP contribution in [0.25, 0.3) is 10.9 Å². The van der Waals surface area contributed by atoms with Gasteiger partial charge in [-0.3, -0.25) is 0 Å². The third-order valence-corrected chi connectivity index (χ3v) is 4.64. The first-order valence-electron chi connectivity index (χ1n) is 9.08. The monoisotopic (exact) mass is 365 g/mol. The van der Waals surface area contributed by atoms with E-state index in [1.807, 2.05) is 72.8 Å². The molecule has 0 radical (unpaired) electrons. The Balaban J connectivity index is 1.95. The van der Waals surface area contributed by atoms with Crippen LogP contribution >= 0.6 is 0 Å². The van der Waals surface area contributed by atoms with Crippen molar-refractivity contribution >= 4 is 16.9 Å². The Morgan fingerprint density at radius 3 is 2.21 bits per heavy atom. The molecule has 136 valence electrons. The highest BCUT2D eigenvalue weighted by atomic mass is 16.5. The van der Waals surface area contributed by atoms with Gasteiger partial charge in [-0.1, -0.05) is 72.7 Å². The molecule has 1 heterocycles. The molecule has 28 heavy (non-hydrogen) atoms. The van der Waals surface area contributed by atoms with Gasteiger partial charge in [-0.25, -0.2) is 4.79 Å². The molecule has 4 rings (SSSR count). The lowest BCUT2D eigenvalue weighted by Gasteiger charge is -2.08. The van der Waals surface area contributed by atoms with E-state index in [2.05, 4.69) is 28.5 Å². The van der Waals surface area contributed by atoms with Gasteiger partial charge in [-0.15, -0.1) is 0 Å². The highest BCUT2D eigenvalue weighted by Crippen LogP contribution is 2.27. The number of fused-ring (bicyclic) bond motifs is 1. The normalized spacial score (nSPS) is 10.3. The van der Waals surface area contributed by atoms with Crippen molar-refractivity contribution in [2.45, 2.75) is 6.54 Å². The van der Waals surface area contributed by atoms with Crippen molar-refractivity contribution in [3.05, 3.63) is 107 Å². The fourth-order valence-corrected chi connectivity index (χ4v) is 3.33. The molecule has 0 aliphatic heterocycles. The summed E-state index contributed by atoms with van der Waals surface area (Å²) in [5, 5.41) is 0.850. The van der Waals surface area contributed by atoms with Gasteiger partial charge in [0.1, 0.15) is 11.3 Å². The largest absolute Gasteiger partial charge is 0.465 e. The molecule has 0 aliphatic carbocycles. The molecule has 0 fully saturated rings. The molecule has 0 amide bonds. The number of carbonyl (C=O) groups excluding carboxylic acids is 1. The number of hydrogen-bond donors (Lipinski definition) is 0. The molecule has 0 atom stereocenters. The molecule has 1 aromatic heterocycles. The van der Waals surface area contributed by atoms with Crippen molar-refractivity contribution in [1.82, 2.24) is 4.57 Å². The van der Waals surface area contributed by atoms with Gasteiger partial charge in [0, 0.05) is 17.5 Å². The molecule has 0 aliphatic rings. The maximum absolute atomic E-state index is 12.6. The van der Waals surface area contributed by atoms with E-state index in [1.54, 1.807) is 0 Å². The Morgan fingerprint density at radius 2 is 1.50 bits per heavy atom. The van der Waals surface area contributed by atoms with Crippen molar-refractivity contribution in [2.75, 3.05) is 7.11 Å². The van der Waals surface area contributed by atoms with Gasteiger partial charge >= 0.3 is 5.97 Å². The van der Waals surface area contributed by atoms with E-state index in [1.165, 1.54) is 7.11 Å². The van der Waals surface area contributed by atoms with E-state index in [-0.39, 0.29) is 5.97 Å². The molecule has 0 unspecified atom stereocenters. The van der Waals surface area contributed by atoms with Crippen LogP contribution in [0.4, 0.5) is 0 Å². The summed E-state index contributed by atoms with van der Waals surface area (Å²) in [7, 11) is 1.40.